The van der Waals surface area contributed by atoms with E-state index in [1.807, 2.05) is 0 Å². The Labute approximate surface area is 71.8 Å². The third-order valence-corrected chi connectivity index (χ3v) is 3.04. The van der Waals surface area contributed by atoms with Gasteiger partial charge in [-0.25, -0.2) is 0 Å². The SMILES string of the molecule is ClC1CCCCC12OCCO2. The van der Waals surface area contributed by atoms with E-state index in [2.05, 4.69) is 0 Å². The standard InChI is InChI=1S/C8H13ClO2/c9-7-3-1-2-4-8(7)10-5-6-11-8/h7H,1-6H2. The minimum absolute atomic E-state index is 0.0683. The van der Waals surface area contributed by atoms with E-state index in [-0.39, 0.29) is 5.38 Å². The van der Waals surface area contributed by atoms with E-state index < -0.39 is 5.79 Å². The molecule has 2 rings (SSSR count). The molecule has 3 heteroatoms. The minimum Gasteiger partial charge on any atom is -0.346 e. The summed E-state index contributed by atoms with van der Waals surface area (Å²) in [6, 6.07) is 0. The van der Waals surface area contributed by atoms with Crippen LogP contribution in [0, 0.1) is 0 Å². The van der Waals surface area contributed by atoms with Gasteiger partial charge in [-0.3, -0.25) is 0 Å². The summed E-state index contributed by atoms with van der Waals surface area (Å²) in [5.41, 5.74) is 0. The molecule has 0 amide bonds. The molecule has 1 heterocycles. The number of halogens is 1. The van der Waals surface area contributed by atoms with Gasteiger partial charge in [-0.05, 0) is 12.8 Å². The fourth-order valence-corrected chi connectivity index (χ4v) is 2.26. The zero-order valence-electron chi connectivity index (χ0n) is 6.51. The first kappa shape index (κ1) is 7.84. The summed E-state index contributed by atoms with van der Waals surface area (Å²) >= 11 is 6.13. The van der Waals surface area contributed by atoms with Crippen molar-refractivity contribution in [3.63, 3.8) is 0 Å². The van der Waals surface area contributed by atoms with Crippen molar-refractivity contribution >= 4 is 11.6 Å². The van der Waals surface area contributed by atoms with Gasteiger partial charge in [-0.15, -0.1) is 11.6 Å². The molecule has 1 aliphatic carbocycles. The smallest absolute Gasteiger partial charge is 0.184 e. The maximum Gasteiger partial charge on any atom is 0.184 e. The summed E-state index contributed by atoms with van der Waals surface area (Å²) in [5.74, 6) is -0.403. The van der Waals surface area contributed by atoms with Gasteiger partial charge in [-0.1, -0.05) is 6.42 Å². The summed E-state index contributed by atoms with van der Waals surface area (Å²) in [5, 5.41) is 0.0683. The molecule has 0 N–H and O–H groups in total. The van der Waals surface area contributed by atoms with Crippen LogP contribution in [-0.4, -0.2) is 24.4 Å². The maximum absolute atomic E-state index is 6.13. The largest absolute Gasteiger partial charge is 0.346 e. The van der Waals surface area contributed by atoms with Crippen LogP contribution in [0.25, 0.3) is 0 Å². The average Bonchev–Trinajstić information content (AvgIpc) is 2.46. The van der Waals surface area contributed by atoms with Crippen LogP contribution in [0.1, 0.15) is 25.7 Å². The van der Waals surface area contributed by atoms with E-state index in [1.165, 1.54) is 12.8 Å². The van der Waals surface area contributed by atoms with Gasteiger partial charge in [-0.2, -0.15) is 0 Å². The van der Waals surface area contributed by atoms with E-state index >= 15 is 0 Å². The van der Waals surface area contributed by atoms with Crippen molar-refractivity contribution in [1.29, 1.82) is 0 Å². The monoisotopic (exact) mass is 176 g/mol. The van der Waals surface area contributed by atoms with Crippen LogP contribution in [0.4, 0.5) is 0 Å². The molecule has 0 radical (unpaired) electrons. The highest BCUT2D eigenvalue weighted by atomic mass is 35.5. The molecule has 0 aromatic carbocycles. The summed E-state index contributed by atoms with van der Waals surface area (Å²) in [6.45, 7) is 1.42. The Kier molecular flexibility index (Phi) is 2.08. The van der Waals surface area contributed by atoms with E-state index in [9.17, 15) is 0 Å². The highest BCUT2D eigenvalue weighted by Crippen LogP contribution is 2.38. The van der Waals surface area contributed by atoms with E-state index in [1.54, 1.807) is 0 Å². The zero-order chi connectivity index (χ0) is 7.73. The lowest BCUT2D eigenvalue weighted by molar-refractivity contribution is -0.173. The van der Waals surface area contributed by atoms with Crippen molar-refractivity contribution < 1.29 is 9.47 Å². The Morgan fingerprint density at radius 1 is 1.18 bits per heavy atom. The fourth-order valence-electron chi connectivity index (χ4n) is 1.87. The second-order valence-electron chi connectivity index (χ2n) is 3.22. The topological polar surface area (TPSA) is 18.5 Å². The molecule has 2 nitrogen and oxygen atoms in total. The van der Waals surface area contributed by atoms with Crippen molar-refractivity contribution in [3.8, 4) is 0 Å². The summed E-state index contributed by atoms with van der Waals surface area (Å²) in [7, 11) is 0. The molecule has 64 valence electrons. The second-order valence-corrected chi connectivity index (χ2v) is 3.75. The predicted molar refractivity (Wildman–Crippen MR) is 42.7 cm³/mol. The summed E-state index contributed by atoms with van der Waals surface area (Å²) < 4.78 is 11.1. The molecule has 0 bridgehead atoms. The molecule has 2 aliphatic rings. The zero-order valence-corrected chi connectivity index (χ0v) is 7.27. The first-order chi connectivity index (χ1) is 5.33. The number of ether oxygens (including phenoxy) is 2. The molecule has 11 heavy (non-hydrogen) atoms. The molecular formula is C8H13ClO2. The van der Waals surface area contributed by atoms with Crippen LogP contribution in [-0.2, 0) is 9.47 Å². The van der Waals surface area contributed by atoms with Crippen molar-refractivity contribution in [1.82, 2.24) is 0 Å². The molecule has 1 atom stereocenters. The quantitative estimate of drug-likeness (QED) is 0.525. The fraction of sp³-hybridized carbons (Fsp3) is 1.00. The minimum atomic E-state index is -0.403. The Morgan fingerprint density at radius 2 is 1.91 bits per heavy atom. The molecule has 1 unspecified atom stereocenters. The first-order valence-electron chi connectivity index (χ1n) is 4.25. The van der Waals surface area contributed by atoms with Crippen molar-refractivity contribution in [2.75, 3.05) is 13.2 Å². The molecule has 1 spiro atoms. The van der Waals surface area contributed by atoms with Crippen LogP contribution >= 0.6 is 11.6 Å². The molecule has 2 fully saturated rings. The average molecular weight is 177 g/mol. The first-order valence-corrected chi connectivity index (χ1v) is 4.69. The lowest BCUT2D eigenvalue weighted by Crippen LogP contribution is -2.42. The maximum atomic E-state index is 6.13. The van der Waals surface area contributed by atoms with Gasteiger partial charge >= 0.3 is 0 Å². The molecule has 1 saturated heterocycles. The van der Waals surface area contributed by atoms with E-state index in [0.29, 0.717) is 13.2 Å². The summed E-state index contributed by atoms with van der Waals surface area (Å²) in [6.07, 6.45) is 4.40. The third kappa shape index (κ3) is 1.28. The Hall–Kier alpha value is 0.210. The highest BCUT2D eigenvalue weighted by molar-refractivity contribution is 6.21. The van der Waals surface area contributed by atoms with Crippen LogP contribution < -0.4 is 0 Å². The Morgan fingerprint density at radius 3 is 2.55 bits per heavy atom. The lowest BCUT2D eigenvalue weighted by Gasteiger charge is -2.35. The molecule has 0 aromatic rings. The third-order valence-electron chi connectivity index (χ3n) is 2.49. The highest BCUT2D eigenvalue weighted by Gasteiger charge is 2.44. The predicted octanol–water partition coefficient (Wildman–Crippen LogP) is 1.91. The lowest BCUT2D eigenvalue weighted by atomic mass is 9.94. The van der Waals surface area contributed by atoms with Crippen molar-refractivity contribution in [2.24, 2.45) is 0 Å². The van der Waals surface area contributed by atoms with Crippen molar-refractivity contribution in [3.05, 3.63) is 0 Å². The molecule has 1 saturated carbocycles. The number of alkyl halides is 1. The molecule has 0 aromatic heterocycles. The number of hydrogen-bond donors (Lipinski definition) is 0. The van der Waals surface area contributed by atoms with Gasteiger partial charge in [0.1, 0.15) is 0 Å². The van der Waals surface area contributed by atoms with Gasteiger partial charge in [0, 0.05) is 6.42 Å². The van der Waals surface area contributed by atoms with E-state index in [0.717, 1.165) is 12.8 Å². The van der Waals surface area contributed by atoms with Crippen LogP contribution in [0.5, 0.6) is 0 Å². The van der Waals surface area contributed by atoms with Crippen LogP contribution in [0.2, 0.25) is 0 Å². The summed E-state index contributed by atoms with van der Waals surface area (Å²) in [4.78, 5) is 0. The number of hydrogen-bond acceptors (Lipinski definition) is 2. The van der Waals surface area contributed by atoms with Gasteiger partial charge < -0.3 is 9.47 Å². The van der Waals surface area contributed by atoms with Gasteiger partial charge in [0.15, 0.2) is 5.79 Å². The van der Waals surface area contributed by atoms with Crippen LogP contribution in [0.15, 0.2) is 0 Å². The van der Waals surface area contributed by atoms with Gasteiger partial charge in [0.25, 0.3) is 0 Å². The van der Waals surface area contributed by atoms with Crippen LogP contribution in [0.3, 0.4) is 0 Å². The Balaban J connectivity index is 2.07. The normalized spacial score (nSPS) is 36.3. The number of rotatable bonds is 0. The van der Waals surface area contributed by atoms with Gasteiger partial charge in [0.2, 0.25) is 0 Å². The Bertz CT molecular complexity index is 143. The molecular weight excluding hydrogens is 164 g/mol. The second kappa shape index (κ2) is 2.92. The van der Waals surface area contributed by atoms with E-state index in [4.69, 9.17) is 21.1 Å². The van der Waals surface area contributed by atoms with Gasteiger partial charge in [0.05, 0.1) is 18.6 Å². The molecule has 1 aliphatic heterocycles. The van der Waals surface area contributed by atoms with Crippen molar-refractivity contribution in [2.45, 2.75) is 36.8 Å².